The Labute approximate surface area is 154 Å². The maximum atomic E-state index is 12.2. The van der Waals surface area contributed by atoms with Crippen LogP contribution in [-0.2, 0) is 4.79 Å². The first-order valence-electron chi connectivity index (χ1n) is 8.38. The van der Waals surface area contributed by atoms with Gasteiger partial charge in [0, 0.05) is 17.3 Å². The van der Waals surface area contributed by atoms with Gasteiger partial charge in [0.05, 0.1) is 21.3 Å². The molecular weight excluding hydrogens is 330 g/mol. The van der Waals surface area contributed by atoms with Gasteiger partial charge in [-0.2, -0.15) is 0 Å². The molecule has 0 aromatic heterocycles. The lowest BCUT2D eigenvalue weighted by molar-refractivity contribution is -0.111. The molecule has 0 saturated carbocycles. The Hall–Kier alpha value is -2.95. The predicted octanol–water partition coefficient (Wildman–Crippen LogP) is 4.49. The van der Waals surface area contributed by atoms with E-state index in [1.807, 2.05) is 24.3 Å². The van der Waals surface area contributed by atoms with Crippen molar-refractivity contribution in [1.29, 1.82) is 0 Å². The van der Waals surface area contributed by atoms with Crippen molar-refractivity contribution < 1.29 is 19.0 Å². The van der Waals surface area contributed by atoms with Crippen LogP contribution in [-0.4, -0.2) is 27.2 Å². The SMILES string of the molecule is COc1ccc(/C=C/C(=O)Nc2ccc(C(C)C)cc2)c(OC)c1OC. The number of amides is 1. The zero-order chi connectivity index (χ0) is 19.1. The molecule has 2 rings (SSSR count). The summed E-state index contributed by atoms with van der Waals surface area (Å²) in [7, 11) is 4.65. The van der Waals surface area contributed by atoms with Gasteiger partial charge in [-0.05, 0) is 41.8 Å². The van der Waals surface area contributed by atoms with E-state index in [0.717, 1.165) is 11.3 Å². The summed E-state index contributed by atoms with van der Waals surface area (Å²) < 4.78 is 16.0. The third kappa shape index (κ3) is 4.57. The van der Waals surface area contributed by atoms with Crippen LogP contribution < -0.4 is 19.5 Å². The van der Waals surface area contributed by atoms with Crippen LogP contribution in [0.4, 0.5) is 5.69 Å². The molecule has 0 unspecified atom stereocenters. The summed E-state index contributed by atoms with van der Waals surface area (Å²) in [5.41, 5.74) is 2.70. The van der Waals surface area contributed by atoms with E-state index in [1.165, 1.54) is 11.6 Å². The molecule has 0 aliphatic heterocycles. The number of carbonyl (C=O) groups is 1. The van der Waals surface area contributed by atoms with Crippen LogP contribution in [0.25, 0.3) is 6.08 Å². The predicted molar refractivity (Wildman–Crippen MR) is 104 cm³/mol. The maximum Gasteiger partial charge on any atom is 0.248 e. The fourth-order valence-corrected chi connectivity index (χ4v) is 2.56. The quantitative estimate of drug-likeness (QED) is 0.744. The molecule has 1 N–H and O–H groups in total. The molecule has 2 aromatic carbocycles. The molecule has 0 fully saturated rings. The van der Waals surface area contributed by atoms with E-state index in [4.69, 9.17) is 14.2 Å². The highest BCUT2D eigenvalue weighted by molar-refractivity contribution is 6.02. The zero-order valence-corrected chi connectivity index (χ0v) is 15.8. The van der Waals surface area contributed by atoms with Crippen LogP contribution in [0, 0.1) is 0 Å². The highest BCUT2D eigenvalue weighted by atomic mass is 16.5. The van der Waals surface area contributed by atoms with Crippen molar-refractivity contribution in [3.05, 3.63) is 53.6 Å². The summed E-state index contributed by atoms with van der Waals surface area (Å²) in [4.78, 5) is 12.2. The van der Waals surface area contributed by atoms with E-state index < -0.39 is 0 Å². The largest absolute Gasteiger partial charge is 0.493 e. The molecule has 0 bridgehead atoms. The van der Waals surface area contributed by atoms with Gasteiger partial charge < -0.3 is 19.5 Å². The van der Waals surface area contributed by atoms with E-state index in [-0.39, 0.29) is 5.91 Å². The van der Waals surface area contributed by atoms with Crippen LogP contribution in [0.5, 0.6) is 17.2 Å². The van der Waals surface area contributed by atoms with Crippen molar-refractivity contribution in [2.75, 3.05) is 26.6 Å². The molecule has 0 heterocycles. The standard InChI is InChI=1S/C21H25NO4/c1-14(2)15-6-10-17(11-7-15)22-19(23)13-9-16-8-12-18(24-3)21(26-5)20(16)25-4/h6-14H,1-5H3,(H,22,23)/b13-9+. The minimum Gasteiger partial charge on any atom is -0.493 e. The van der Waals surface area contributed by atoms with E-state index in [2.05, 4.69) is 19.2 Å². The maximum absolute atomic E-state index is 12.2. The molecule has 5 heteroatoms. The van der Waals surface area contributed by atoms with Crippen molar-refractivity contribution in [2.45, 2.75) is 19.8 Å². The van der Waals surface area contributed by atoms with Gasteiger partial charge >= 0.3 is 0 Å². The highest BCUT2D eigenvalue weighted by Gasteiger charge is 2.14. The molecule has 0 aliphatic rings. The number of rotatable bonds is 7. The Bertz CT molecular complexity index is 779. The van der Waals surface area contributed by atoms with Crippen molar-refractivity contribution in [3.63, 3.8) is 0 Å². The van der Waals surface area contributed by atoms with Gasteiger partial charge in [0.2, 0.25) is 11.7 Å². The molecule has 0 aliphatic carbocycles. The number of carbonyl (C=O) groups excluding carboxylic acids is 1. The molecule has 0 radical (unpaired) electrons. The molecule has 5 nitrogen and oxygen atoms in total. The Balaban J connectivity index is 2.14. The van der Waals surface area contributed by atoms with Gasteiger partial charge in [-0.25, -0.2) is 0 Å². The van der Waals surface area contributed by atoms with E-state index in [0.29, 0.717) is 23.2 Å². The molecule has 0 atom stereocenters. The summed E-state index contributed by atoms with van der Waals surface area (Å²) in [6.45, 7) is 4.26. The van der Waals surface area contributed by atoms with Gasteiger partial charge in [-0.1, -0.05) is 26.0 Å². The summed E-state index contributed by atoms with van der Waals surface area (Å²) in [6, 6.07) is 11.4. The Morgan fingerprint density at radius 2 is 1.58 bits per heavy atom. The van der Waals surface area contributed by atoms with Gasteiger partial charge in [0.15, 0.2) is 11.5 Å². The van der Waals surface area contributed by atoms with E-state index >= 15 is 0 Å². The van der Waals surface area contributed by atoms with Gasteiger partial charge in [-0.3, -0.25) is 4.79 Å². The average molecular weight is 355 g/mol. The molecule has 1 amide bonds. The van der Waals surface area contributed by atoms with Crippen molar-refractivity contribution in [3.8, 4) is 17.2 Å². The van der Waals surface area contributed by atoms with Gasteiger partial charge in [0.1, 0.15) is 0 Å². The van der Waals surface area contributed by atoms with E-state index in [9.17, 15) is 4.79 Å². The van der Waals surface area contributed by atoms with Gasteiger partial charge in [-0.15, -0.1) is 0 Å². The van der Waals surface area contributed by atoms with Crippen molar-refractivity contribution in [1.82, 2.24) is 0 Å². The fourth-order valence-electron chi connectivity index (χ4n) is 2.56. The number of methoxy groups -OCH3 is 3. The third-order valence-electron chi connectivity index (χ3n) is 3.99. The summed E-state index contributed by atoms with van der Waals surface area (Å²) in [5.74, 6) is 1.80. The molecule has 0 spiro atoms. The smallest absolute Gasteiger partial charge is 0.248 e. The second-order valence-corrected chi connectivity index (χ2v) is 6.02. The number of hydrogen-bond acceptors (Lipinski definition) is 4. The van der Waals surface area contributed by atoms with Crippen molar-refractivity contribution >= 4 is 17.7 Å². The first-order chi connectivity index (χ1) is 12.5. The third-order valence-corrected chi connectivity index (χ3v) is 3.99. The molecule has 0 saturated heterocycles. The Morgan fingerprint density at radius 1 is 0.923 bits per heavy atom. The van der Waals surface area contributed by atoms with Crippen LogP contribution in [0.15, 0.2) is 42.5 Å². The number of ether oxygens (including phenoxy) is 3. The first kappa shape index (κ1) is 19.4. The normalized spacial score (nSPS) is 10.8. The zero-order valence-electron chi connectivity index (χ0n) is 15.8. The van der Waals surface area contributed by atoms with Crippen LogP contribution >= 0.6 is 0 Å². The fraction of sp³-hybridized carbons (Fsp3) is 0.286. The van der Waals surface area contributed by atoms with Crippen molar-refractivity contribution in [2.24, 2.45) is 0 Å². The monoisotopic (exact) mass is 355 g/mol. The molecule has 2 aromatic rings. The number of hydrogen-bond donors (Lipinski definition) is 1. The lowest BCUT2D eigenvalue weighted by atomic mass is 10.0. The minimum atomic E-state index is -0.223. The number of anilines is 1. The van der Waals surface area contributed by atoms with E-state index in [1.54, 1.807) is 39.5 Å². The first-order valence-corrected chi connectivity index (χ1v) is 8.38. The lowest BCUT2D eigenvalue weighted by Crippen LogP contribution is -2.07. The summed E-state index contributed by atoms with van der Waals surface area (Å²) in [5, 5.41) is 2.84. The van der Waals surface area contributed by atoms with Gasteiger partial charge in [0.25, 0.3) is 0 Å². The highest BCUT2D eigenvalue weighted by Crippen LogP contribution is 2.40. The topological polar surface area (TPSA) is 56.8 Å². The molecule has 138 valence electrons. The van der Waals surface area contributed by atoms with Crippen LogP contribution in [0.3, 0.4) is 0 Å². The second-order valence-electron chi connectivity index (χ2n) is 6.02. The summed E-state index contributed by atoms with van der Waals surface area (Å²) >= 11 is 0. The average Bonchev–Trinajstić information content (AvgIpc) is 2.65. The Morgan fingerprint density at radius 3 is 2.12 bits per heavy atom. The van der Waals surface area contributed by atoms with Crippen LogP contribution in [0.2, 0.25) is 0 Å². The second kappa shape index (κ2) is 8.94. The molecular formula is C21H25NO4. The number of benzene rings is 2. The minimum absolute atomic E-state index is 0.223. The number of nitrogens with one attached hydrogen (secondary N) is 1. The summed E-state index contributed by atoms with van der Waals surface area (Å²) in [6.07, 6.45) is 3.14. The lowest BCUT2D eigenvalue weighted by Gasteiger charge is -2.14. The van der Waals surface area contributed by atoms with Crippen LogP contribution in [0.1, 0.15) is 30.9 Å². The molecule has 26 heavy (non-hydrogen) atoms. The Kier molecular flexibility index (Phi) is 6.67.